The minimum atomic E-state index is -5.91. The second-order valence-corrected chi connectivity index (χ2v) is 8.91. The Morgan fingerprint density at radius 3 is 2.58 bits per heavy atom. The molecule has 0 atom stereocenters. The zero-order valence-electron chi connectivity index (χ0n) is 15.9. The first-order chi connectivity index (χ1) is 14.6. The van der Waals surface area contributed by atoms with Crippen molar-refractivity contribution < 1.29 is 30.8 Å². The maximum Gasteiger partial charge on any atom is 0.516 e. The Morgan fingerprint density at radius 1 is 1.26 bits per heavy atom. The first-order valence-corrected chi connectivity index (χ1v) is 10.9. The Hall–Kier alpha value is -3.09. The number of H-pyrrole nitrogens is 1. The van der Waals surface area contributed by atoms with E-state index in [2.05, 4.69) is 10.1 Å². The summed E-state index contributed by atoms with van der Waals surface area (Å²) in [6.45, 7) is 0. The number of amides is 1. The molecule has 0 radical (unpaired) electrons. The van der Waals surface area contributed by atoms with E-state index in [-0.39, 0.29) is 11.6 Å². The second-order valence-electron chi connectivity index (χ2n) is 7.24. The molecule has 0 unspecified atom stereocenters. The standard InChI is InChI=1S/C18H17F3N4O5S/c19-18(20,21)31(28,29)24-16(26)11-9-13-22-15(12-7-4-8-30-12)14(17(27)25(13)23-11)10-5-2-1-3-6-10/h4,7-10,22H,1-3,5-6H2,(H,24,26). The molecule has 3 heterocycles. The number of aromatic nitrogens is 3. The number of hydrogen-bond donors (Lipinski definition) is 2. The molecule has 0 aliphatic heterocycles. The van der Waals surface area contributed by atoms with Gasteiger partial charge in [0.2, 0.25) is 0 Å². The van der Waals surface area contributed by atoms with Crippen LogP contribution in [0.4, 0.5) is 13.2 Å². The molecule has 1 aliphatic rings. The van der Waals surface area contributed by atoms with E-state index in [1.807, 2.05) is 0 Å². The lowest BCUT2D eigenvalue weighted by Crippen LogP contribution is -2.40. The van der Waals surface area contributed by atoms with E-state index in [0.717, 1.165) is 47.4 Å². The number of nitrogens with one attached hydrogen (secondary N) is 2. The highest BCUT2D eigenvalue weighted by Gasteiger charge is 2.47. The maximum atomic E-state index is 13.2. The monoisotopic (exact) mass is 458 g/mol. The first-order valence-electron chi connectivity index (χ1n) is 9.42. The summed E-state index contributed by atoms with van der Waals surface area (Å²) in [6.07, 6.45) is 5.87. The lowest BCUT2D eigenvalue weighted by atomic mass is 9.83. The maximum absolute atomic E-state index is 13.2. The van der Waals surface area contributed by atoms with Gasteiger partial charge in [-0.3, -0.25) is 9.59 Å². The van der Waals surface area contributed by atoms with E-state index in [1.165, 1.54) is 6.26 Å². The van der Waals surface area contributed by atoms with Gasteiger partial charge in [-0.2, -0.15) is 31.2 Å². The van der Waals surface area contributed by atoms with E-state index in [4.69, 9.17) is 4.42 Å². The molecule has 1 amide bonds. The summed E-state index contributed by atoms with van der Waals surface area (Å²) in [4.78, 5) is 28.3. The number of sulfonamides is 1. The molecule has 3 aromatic heterocycles. The molecule has 9 nitrogen and oxygen atoms in total. The van der Waals surface area contributed by atoms with Crippen molar-refractivity contribution in [3.05, 3.63) is 46.1 Å². The van der Waals surface area contributed by atoms with Crippen LogP contribution < -0.4 is 10.3 Å². The van der Waals surface area contributed by atoms with E-state index >= 15 is 0 Å². The molecule has 1 saturated carbocycles. The molecule has 31 heavy (non-hydrogen) atoms. The lowest BCUT2D eigenvalue weighted by Gasteiger charge is -2.23. The topological polar surface area (TPSA) is 127 Å². The van der Waals surface area contributed by atoms with Gasteiger partial charge >= 0.3 is 15.5 Å². The molecular formula is C18H17F3N4O5S. The molecule has 166 valence electrons. The molecule has 2 N–H and O–H groups in total. The van der Waals surface area contributed by atoms with Gasteiger partial charge in [-0.1, -0.05) is 19.3 Å². The van der Waals surface area contributed by atoms with Crippen molar-refractivity contribution >= 4 is 21.6 Å². The van der Waals surface area contributed by atoms with Crippen molar-refractivity contribution in [2.75, 3.05) is 0 Å². The van der Waals surface area contributed by atoms with E-state index < -0.39 is 32.7 Å². The molecule has 0 spiro atoms. The highest BCUT2D eigenvalue weighted by atomic mass is 32.2. The van der Waals surface area contributed by atoms with Crippen LogP contribution in [0.3, 0.4) is 0 Å². The summed E-state index contributed by atoms with van der Waals surface area (Å²) in [6, 6.07) is 4.29. The van der Waals surface area contributed by atoms with Crippen LogP contribution in [-0.2, 0) is 10.0 Å². The number of furan rings is 1. The van der Waals surface area contributed by atoms with Gasteiger partial charge in [-0.15, -0.1) is 0 Å². The average Bonchev–Trinajstić information content (AvgIpc) is 3.37. The lowest BCUT2D eigenvalue weighted by molar-refractivity contribution is -0.0446. The van der Waals surface area contributed by atoms with Crippen LogP contribution >= 0.6 is 0 Å². The molecule has 0 aromatic carbocycles. The average molecular weight is 458 g/mol. The Kier molecular flexibility index (Phi) is 5.15. The number of fused-ring (bicyclic) bond motifs is 1. The van der Waals surface area contributed by atoms with Gasteiger partial charge in [0, 0.05) is 11.6 Å². The number of alkyl halides is 3. The normalized spacial score (nSPS) is 16.0. The zero-order valence-corrected chi connectivity index (χ0v) is 16.7. The smallest absolute Gasteiger partial charge is 0.463 e. The summed E-state index contributed by atoms with van der Waals surface area (Å²) in [5.41, 5.74) is -6.08. The number of aromatic amines is 1. The van der Waals surface area contributed by atoms with Crippen LogP contribution in [-0.4, -0.2) is 34.4 Å². The molecule has 0 bridgehead atoms. The highest BCUT2D eigenvalue weighted by molar-refractivity contribution is 7.90. The predicted molar refractivity (Wildman–Crippen MR) is 102 cm³/mol. The third kappa shape index (κ3) is 3.84. The van der Waals surface area contributed by atoms with Crippen molar-refractivity contribution in [3.8, 4) is 11.5 Å². The number of nitrogens with zero attached hydrogens (tertiary/aromatic N) is 2. The third-order valence-corrected chi connectivity index (χ3v) is 6.26. The first kappa shape index (κ1) is 21.2. The zero-order chi connectivity index (χ0) is 22.4. The SMILES string of the molecule is O=C(NS(=O)(=O)C(F)(F)F)c1cc2[nH]c(-c3ccco3)c(C3CCCCC3)c(=O)n2n1. The fourth-order valence-corrected chi connectivity index (χ4v) is 4.23. The van der Waals surface area contributed by atoms with Crippen molar-refractivity contribution in [2.24, 2.45) is 0 Å². The van der Waals surface area contributed by atoms with Crippen LogP contribution in [0.5, 0.6) is 0 Å². The molecule has 4 rings (SSSR count). The van der Waals surface area contributed by atoms with Crippen molar-refractivity contribution in [1.82, 2.24) is 19.3 Å². The molecule has 1 fully saturated rings. The molecule has 0 saturated heterocycles. The van der Waals surface area contributed by atoms with Gasteiger partial charge in [-0.25, -0.2) is 4.72 Å². The van der Waals surface area contributed by atoms with Gasteiger partial charge in [0.15, 0.2) is 11.5 Å². The fourth-order valence-electron chi connectivity index (χ4n) is 3.77. The summed E-state index contributed by atoms with van der Waals surface area (Å²) in [5, 5.41) is 3.75. The van der Waals surface area contributed by atoms with Gasteiger partial charge in [0.05, 0.1) is 12.0 Å². The van der Waals surface area contributed by atoms with Crippen LogP contribution in [0.25, 0.3) is 17.1 Å². The van der Waals surface area contributed by atoms with Crippen molar-refractivity contribution in [2.45, 2.75) is 43.5 Å². The minimum absolute atomic E-state index is 0.00511. The summed E-state index contributed by atoms with van der Waals surface area (Å²) < 4.78 is 67.3. The van der Waals surface area contributed by atoms with Crippen LogP contribution in [0.15, 0.2) is 33.7 Å². The van der Waals surface area contributed by atoms with Crippen molar-refractivity contribution in [1.29, 1.82) is 0 Å². The third-order valence-electron chi connectivity index (χ3n) is 5.20. The molecule has 1 aliphatic carbocycles. The second kappa shape index (κ2) is 7.55. The number of halogens is 3. The van der Waals surface area contributed by atoms with Crippen LogP contribution in [0, 0.1) is 0 Å². The quantitative estimate of drug-likeness (QED) is 0.619. The Labute approximate surface area is 173 Å². The Morgan fingerprint density at radius 2 is 1.97 bits per heavy atom. The van der Waals surface area contributed by atoms with E-state index in [1.54, 1.807) is 12.1 Å². The number of carbonyl (C=O) groups excluding carboxylic acids is 1. The van der Waals surface area contributed by atoms with Gasteiger partial charge < -0.3 is 9.40 Å². The highest BCUT2D eigenvalue weighted by Crippen LogP contribution is 2.35. The van der Waals surface area contributed by atoms with Gasteiger partial charge in [0.25, 0.3) is 11.5 Å². The Balaban J connectivity index is 1.82. The fraction of sp³-hybridized carbons (Fsp3) is 0.389. The molecule has 13 heteroatoms. The van der Waals surface area contributed by atoms with Gasteiger partial charge in [-0.05, 0) is 30.9 Å². The minimum Gasteiger partial charge on any atom is -0.463 e. The number of hydrogen-bond acceptors (Lipinski definition) is 6. The van der Waals surface area contributed by atoms with Crippen LogP contribution in [0.1, 0.15) is 54.1 Å². The van der Waals surface area contributed by atoms with Crippen molar-refractivity contribution in [3.63, 3.8) is 0 Å². The Bertz CT molecular complexity index is 1290. The van der Waals surface area contributed by atoms with E-state index in [0.29, 0.717) is 17.0 Å². The molecule has 3 aromatic rings. The number of carbonyl (C=O) groups is 1. The van der Waals surface area contributed by atoms with E-state index in [9.17, 15) is 31.2 Å². The largest absolute Gasteiger partial charge is 0.516 e. The molecular weight excluding hydrogens is 441 g/mol. The van der Waals surface area contributed by atoms with Gasteiger partial charge in [0.1, 0.15) is 5.65 Å². The van der Waals surface area contributed by atoms with Crippen LogP contribution in [0.2, 0.25) is 0 Å². The summed E-state index contributed by atoms with van der Waals surface area (Å²) >= 11 is 0. The number of rotatable bonds is 4. The summed E-state index contributed by atoms with van der Waals surface area (Å²) in [7, 11) is -5.91. The predicted octanol–water partition coefficient (Wildman–Crippen LogP) is 2.91. The summed E-state index contributed by atoms with van der Waals surface area (Å²) in [5.74, 6) is -1.31.